The number of benzene rings is 2. The molecule has 0 saturated carbocycles. The van der Waals surface area contributed by atoms with E-state index in [4.69, 9.17) is 47.3 Å². The molecule has 1 aromatic heterocycles. The van der Waals surface area contributed by atoms with E-state index in [1.807, 2.05) is 0 Å². The first-order valence-electron chi connectivity index (χ1n) is 12.1. The number of nitrogens with zero attached hydrogens (tertiary/aromatic N) is 2. The summed E-state index contributed by atoms with van der Waals surface area (Å²) in [6, 6.07) is 5.74. The van der Waals surface area contributed by atoms with Gasteiger partial charge < -0.3 is 34.7 Å². The minimum Gasteiger partial charge on any atom is -0.489 e. The lowest BCUT2D eigenvalue weighted by molar-refractivity contribution is -0.111. The molecule has 40 heavy (non-hydrogen) atoms. The Balaban J connectivity index is 1.71. The standard InChI is InChI=1S/C26H28BrCl2FN4O6/c27-3-1-2-25(36)33-23-12-17-21(15-24(23)40-11-10-39-9-8-38-7-6-37-5-4-35)31-16-32-26(17)34-22-14-19(29)18(28)13-20(22)30/h1-2,12-16,35H,3-11H2,(H,33,36)(H,31,32,34)/b2-1+. The predicted molar refractivity (Wildman–Crippen MR) is 156 cm³/mol. The Morgan fingerprint density at radius 2 is 1.62 bits per heavy atom. The third kappa shape index (κ3) is 10.1. The number of alkyl halides is 1. The van der Waals surface area contributed by atoms with Crippen LogP contribution in [0, 0.1) is 5.82 Å². The minimum absolute atomic E-state index is 0.0248. The number of aromatic nitrogens is 2. The van der Waals surface area contributed by atoms with Gasteiger partial charge in [-0.3, -0.25) is 4.79 Å². The van der Waals surface area contributed by atoms with Crippen LogP contribution in [0.4, 0.5) is 21.6 Å². The number of amides is 1. The number of aliphatic hydroxyl groups excluding tert-OH is 1. The summed E-state index contributed by atoms with van der Waals surface area (Å²) in [4.78, 5) is 21.0. The summed E-state index contributed by atoms with van der Waals surface area (Å²) in [5.74, 6) is -0.346. The van der Waals surface area contributed by atoms with E-state index in [1.165, 1.54) is 18.5 Å². The fraction of sp³-hybridized carbons (Fsp3) is 0.346. The largest absolute Gasteiger partial charge is 0.489 e. The number of halogens is 4. The van der Waals surface area contributed by atoms with Crippen LogP contribution >= 0.6 is 39.1 Å². The molecule has 0 aliphatic rings. The Kier molecular flexibility index (Phi) is 13.8. The molecule has 1 amide bonds. The number of carbonyl (C=O) groups is 1. The molecule has 3 rings (SSSR count). The Labute approximate surface area is 248 Å². The third-order valence-electron chi connectivity index (χ3n) is 5.08. The zero-order valence-electron chi connectivity index (χ0n) is 21.3. The molecule has 3 aromatic rings. The molecule has 216 valence electrons. The van der Waals surface area contributed by atoms with Crippen LogP contribution < -0.4 is 15.4 Å². The van der Waals surface area contributed by atoms with Gasteiger partial charge in [0.2, 0.25) is 5.91 Å². The van der Waals surface area contributed by atoms with Crippen LogP contribution in [0.5, 0.6) is 5.75 Å². The molecule has 0 radical (unpaired) electrons. The van der Waals surface area contributed by atoms with Gasteiger partial charge >= 0.3 is 0 Å². The molecule has 3 N–H and O–H groups in total. The van der Waals surface area contributed by atoms with Gasteiger partial charge in [0.25, 0.3) is 0 Å². The first-order chi connectivity index (χ1) is 19.4. The lowest BCUT2D eigenvalue weighted by Crippen LogP contribution is -2.14. The van der Waals surface area contributed by atoms with Crippen molar-refractivity contribution in [3.05, 3.63) is 58.6 Å². The summed E-state index contributed by atoms with van der Waals surface area (Å²) in [6.07, 6.45) is 4.35. The van der Waals surface area contributed by atoms with Crippen molar-refractivity contribution in [1.82, 2.24) is 9.97 Å². The molecule has 0 aliphatic heterocycles. The molecule has 0 bridgehead atoms. The normalized spacial score (nSPS) is 11.3. The molecule has 1 heterocycles. The number of anilines is 3. The van der Waals surface area contributed by atoms with Crippen molar-refractivity contribution in [2.45, 2.75) is 0 Å². The quantitative estimate of drug-likeness (QED) is 0.0782. The van der Waals surface area contributed by atoms with Crippen LogP contribution in [0.25, 0.3) is 10.9 Å². The van der Waals surface area contributed by atoms with Gasteiger partial charge in [0.15, 0.2) is 0 Å². The highest BCUT2D eigenvalue weighted by Crippen LogP contribution is 2.35. The number of nitrogens with one attached hydrogen (secondary N) is 2. The Morgan fingerprint density at radius 3 is 2.33 bits per heavy atom. The molecule has 0 fully saturated rings. The molecule has 10 nitrogen and oxygen atoms in total. The van der Waals surface area contributed by atoms with E-state index >= 15 is 0 Å². The SMILES string of the molecule is O=C(/C=C/CBr)Nc1cc2c(Nc3cc(Cl)c(Cl)cc3F)ncnc2cc1OCCOCCOCCOCCO. The van der Waals surface area contributed by atoms with Crippen LogP contribution in [-0.4, -0.2) is 79.2 Å². The second-order valence-corrected chi connectivity index (χ2v) is 9.38. The maximum Gasteiger partial charge on any atom is 0.248 e. The predicted octanol–water partition coefficient (Wildman–Crippen LogP) is 5.13. The number of hydrogen-bond acceptors (Lipinski definition) is 9. The van der Waals surface area contributed by atoms with Crippen molar-refractivity contribution in [3.63, 3.8) is 0 Å². The Hall–Kier alpha value is -2.58. The number of ether oxygens (including phenoxy) is 4. The second kappa shape index (κ2) is 17.3. The van der Waals surface area contributed by atoms with Crippen LogP contribution in [0.2, 0.25) is 10.0 Å². The maximum absolute atomic E-state index is 14.5. The van der Waals surface area contributed by atoms with Gasteiger partial charge in [0.1, 0.15) is 30.3 Å². The fourth-order valence-corrected chi connectivity index (χ4v) is 3.79. The molecule has 14 heteroatoms. The summed E-state index contributed by atoms with van der Waals surface area (Å²) < 4.78 is 36.4. The molecule has 0 spiro atoms. The summed E-state index contributed by atoms with van der Waals surface area (Å²) in [5, 5.41) is 15.6. The van der Waals surface area contributed by atoms with Gasteiger partial charge in [-0.05, 0) is 18.2 Å². The highest BCUT2D eigenvalue weighted by Gasteiger charge is 2.15. The number of fused-ring (bicyclic) bond motifs is 1. The van der Waals surface area contributed by atoms with Crippen LogP contribution in [0.3, 0.4) is 0 Å². The monoisotopic (exact) mass is 660 g/mol. The molecular weight excluding hydrogens is 634 g/mol. The second-order valence-electron chi connectivity index (χ2n) is 7.91. The summed E-state index contributed by atoms with van der Waals surface area (Å²) in [6.45, 7) is 2.25. The molecule has 0 saturated heterocycles. The van der Waals surface area contributed by atoms with E-state index in [0.29, 0.717) is 54.1 Å². The summed E-state index contributed by atoms with van der Waals surface area (Å²) >= 11 is 15.2. The first kappa shape index (κ1) is 31.9. The van der Waals surface area contributed by atoms with Crippen LogP contribution in [-0.2, 0) is 19.0 Å². The molecule has 2 aromatic carbocycles. The van der Waals surface area contributed by atoms with Crippen molar-refractivity contribution in [3.8, 4) is 5.75 Å². The van der Waals surface area contributed by atoms with E-state index in [9.17, 15) is 9.18 Å². The van der Waals surface area contributed by atoms with Crippen LogP contribution in [0.1, 0.15) is 0 Å². The molecule has 0 atom stereocenters. The van der Waals surface area contributed by atoms with Gasteiger partial charge in [-0.2, -0.15) is 0 Å². The lowest BCUT2D eigenvalue weighted by Gasteiger charge is -2.15. The molecule has 0 unspecified atom stereocenters. The highest BCUT2D eigenvalue weighted by molar-refractivity contribution is 9.09. The maximum atomic E-state index is 14.5. The average molecular weight is 662 g/mol. The minimum atomic E-state index is -0.616. The van der Waals surface area contributed by atoms with Crippen molar-refractivity contribution in [1.29, 1.82) is 0 Å². The van der Waals surface area contributed by atoms with Gasteiger partial charge in [0.05, 0.1) is 73.2 Å². The Morgan fingerprint density at radius 1 is 0.950 bits per heavy atom. The van der Waals surface area contributed by atoms with Crippen molar-refractivity contribution in [2.75, 3.05) is 68.8 Å². The van der Waals surface area contributed by atoms with Crippen LogP contribution in [0.15, 0.2) is 42.7 Å². The summed E-state index contributed by atoms with van der Waals surface area (Å²) in [7, 11) is 0. The number of rotatable bonds is 17. The van der Waals surface area contributed by atoms with E-state index in [-0.39, 0.29) is 53.9 Å². The Bertz CT molecular complexity index is 1300. The number of carbonyl (C=O) groups excluding carboxylic acids is 1. The first-order valence-corrected chi connectivity index (χ1v) is 14.0. The summed E-state index contributed by atoms with van der Waals surface area (Å²) in [5.41, 5.74) is 0.912. The van der Waals surface area contributed by atoms with Crippen molar-refractivity contribution in [2.24, 2.45) is 0 Å². The van der Waals surface area contributed by atoms with Crippen molar-refractivity contribution >= 4 is 73.1 Å². The molecular formula is C26H28BrCl2FN4O6. The van der Waals surface area contributed by atoms with E-state index in [1.54, 1.807) is 18.2 Å². The lowest BCUT2D eigenvalue weighted by atomic mass is 10.1. The fourth-order valence-electron chi connectivity index (χ4n) is 3.29. The van der Waals surface area contributed by atoms with Gasteiger partial charge in [-0.1, -0.05) is 45.2 Å². The molecule has 0 aliphatic carbocycles. The third-order valence-corrected chi connectivity index (χ3v) is 6.18. The zero-order valence-corrected chi connectivity index (χ0v) is 24.4. The van der Waals surface area contributed by atoms with Gasteiger partial charge in [0, 0.05) is 22.9 Å². The number of hydrogen-bond donors (Lipinski definition) is 3. The smallest absolute Gasteiger partial charge is 0.248 e. The zero-order chi connectivity index (χ0) is 28.7. The van der Waals surface area contributed by atoms with Crippen molar-refractivity contribution < 1.29 is 33.2 Å². The highest BCUT2D eigenvalue weighted by atomic mass is 79.9. The van der Waals surface area contributed by atoms with Gasteiger partial charge in [-0.15, -0.1) is 0 Å². The van der Waals surface area contributed by atoms with Gasteiger partial charge in [-0.25, -0.2) is 14.4 Å². The average Bonchev–Trinajstić information content (AvgIpc) is 2.94. The number of allylic oxidation sites excluding steroid dienone is 1. The topological polar surface area (TPSA) is 124 Å². The van der Waals surface area contributed by atoms with E-state index in [2.05, 4.69) is 36.5 Å². The van der Waals surface area contributed by atoms with E-state index in [0.717, 1.165) is 6.07 Å². The number of aliphatic hydroxyl groups is 1. The van der Waals surface area contributed by atoms with E-state index < -0.39 is 5.82 Å².